The van der Waals surface area contributed by atoms with E-state index in [0.29, 0.717) is 12.1 Å². The SMILES string of the molecule is CCNC(CC(=O)OC)C(=O)c1ccc2c(c1)CC(=O)N2. The van der Waals surface area contributed by atoms with Gasteiger partial charge in [-0.15, -0.1) is 0 Å². The predicted octanol–water partition coefficient (Wildman–Crippen LogP) is 0.905. The number of carbonyl (C=O) groups is 3. The van der Waals surface area contributed by atoms with Crippen LogP contribution in [0.5, 0.6) is 0 Å². The summed E-state index contributed by atoms with van der Waals surface area (Å²) in [7, 11) is 1.29. The maximum Gasteiger partial charge on any atom is 0.307 e. The van der Waals surface area contributed by atoms with Gasteiger partial charge in [-0.1, -0.05) is 6.92 Å². The van der Waals surface area contributed by atoms with Crippen molar-refractivity contribution in [2.75, 3.05) is 19.0 Å². The van der Waals surface area contributed by atoms with Crippen molar-refractivity contribution in [2.24, 2.45) is 0 Å². The molecule has 1 amide bonds. The normalized spacial score (nSPS) is 14.3. The molecule has 0 spiro atoms. The molecule has 6 nitrogen and oxygen atoms in total. The third kappa shape index (κ3) is 3.46. The fourth-order valence-electron chi connectivity index (χ4n) is 2.34. The monoisotopic (exact) mass is 290 g/mol. The summed E-state index contributed by atoms with van der Waals surface area (Å²) in [5.41, 5.74) is 2.03. The Morgan fingerprint density at radius 3 is 2.86 bits per heavy atom. The number of nitrogens with one attached hydrogen (secondary N) is 2. The number of ketones is 1. The minimum atomic E-state index is -0.620. The molecule has 1 heterocycles. The van der Waals surface area contributed by atoms with Gasteiger partial charge < -0.3 is 15.4 Å². The van der Waals surface area contributed by atoms with Gasteiger partial charge in [0, 0.05) is 11.3 Å². The molecular weight excluding hydrogens is 272 g/mol. The van der Waals surface area contributed by atoms with Crippen LogP contribution in [0.25, 0.3) is 0 Å². The van der Waals surface area contributed by atoms with E-state index in [1.165, 1.54) is 7.11 Å². The zero-order chi connectivity index (χ0) is 15.4. The number of methoxy groups -OCH3 is 1. The molecule has 0 aromatic heterocycles. The fourth-order valence-corrected chi connectivity index (χ4v) is 2.34. The Hall–Kier alpha value is -2.21. The van der Waals surface area contributed by atoms with E-state index in [2.05, 4.69) is 15.4 Å². The lowest BCUT2D eigenvalue weighted by Gasteiger charge is -2.16. The Balaban J connectivity index is 2.19. The molecule has 1 atom stereocenters. The molecule has 112 valence electrons. The molecule has 21 heavy (non-hydrogen) atoms. The fraction of sp³-hybridized carbons (Fsp3) is 0.400. The second kappa shape index (κ2) is 6.49. The van der Waals surface area contributed by atoms with Gasteiger partial charge in [-0.05, 0) is 30.3 Å². The molecule has 6 heteroatoms. The number of carbonyl (C=O) groups excluding carboxylic acids is 3. The van der Waals surface area contributed by atoms with Crippen LogP contribution < -0.4 is 10.6 Å². The van der Waals surface area contributed by atoms with Crippen molar-refractivity contribution in [1.82, 2.24) is 5.32 Å². The van der Waals surface area contributed by atoms with Crippen molar-refractivity contribution in [2.45, 2.75) is 25.8 Å². The highest BCUT2D eigenvalue weighted by atomic mass is 16.5. The molecule has 0 aliphatic carbocycles. The number of Topliss-reactive ketones (excluding diaryl/α,β-unsaturated/α-hetero) is 1. The molecule has 0 fully saturated rings. The highest BCUT2D eigenvalue weighted by Gasteiger charge is 2.25. The molecule has 1 unspecified atom stereocenters. The van der Waals surface area contributed by atoms with E-state index in [1.54, 1.807) is 18.2 Å². The van der Waals surface area contributed by atoms with Gasteiger partial charge in [-0.2, -0.15) is 0 Å². The first kappa shape index (κ1) is 15.2. The van der Waals surface area contributed by atoms with Crippen LogP contribution in [0.4, 0.5) is 5.69 Å². The maximum absolute atomic E-state index is 12.5. The van der Waals surface area contributed by atoms with Gasteiger partial charge in [0.05, 0.1) is 26.0 Å². The summed E-state index contributed by atoms with van der Waals surface area (Å²) >= 11 is 0. The van der Waals surface area contributed by atoms with Gasteiger partial charge in [-0.3, -0.25) is 14.4 Å². The summed E-state index contributed by atoms with van der Waals surface area (Å²) in [5, 5.41) is 5.71. The van der Waals surface area contributed by atoms with E-state index < -0.39 is 12.0 Å². The van der Waals surface area contributed by atoms with E-state index in [9.17, 15) is 14.4 Å². The molecule has 1 aliphatic heterocycles. The van der Waals surface area contributed by atoms with Gasteiger partial charge in [0.2, 0.25) is 5.91 Å². The highest BCUT2D eigenvalue weighted by molar-refractivity contribution is 6.04. The van der Waals surface area contributed by atoms with Crippen LogP contribution in [-0.2, 0) is 20.7 Å². The number of hydrogen-bond acceptors (Lipinski definition) is 5. The number of rotatable bonds is 6. The molecule has 2 N–H and O–H groups in total. The van der Waals surface area contributed by atoms with Crippen molar-refractivity contribution < 1.29 is 19.1 Å². The topological polar surface area (TPSA) is 84.5 Å². The summed E-state index contributed by atoms with van der Waals surface area (Å²) in [6, 6.07) is 4.46. The van der Waals surface area contributed by atoms with Crippen molar-refractivity contribution in [3.05, 3.63) is 29.3 Å². The standard InChI is InChI=1S/C15H18N2O4/c1-3-16-12(8-14(19)21-2)15(20)9-4-5-11-10(6-9)7-13(18)17-11/h4-6,12,16H,3,7-8H2,1-2H3,(H,17,18). The third-order valence-corrected chi connectivity index (χ3v) is 3.38. The van der Waals surface area contributed by atoms with Gasteiger partial charge in [0.25, 0.3) is 0 Å². The van der Waals surface area contributed by atoms with Gasteiger partial charge in [-0.25, -0.2) is 0 Å². The van der Waals surface area contributed by atoms with Crippen LogP contribution >= 0.6 is 0 Å². The predicted molar refractivity (Wildman–Crippen MR) is 77.2 cm³/mol. The Labute approximate surface area is 122 Å². The minimum Gasteiger partial charge on any atom is -0.469 e. The third-order valence-electron chi connectivity index (χ3n) is 3.38. The molecule has 0 saturated carbocycles. The lowest BCUT2D eigenvalue weighted by atomic mass is 9.98. The Morgan fingerprint density at radius 2 is 2.19 bits per heavy atom. The highest BCUT2D eigenvalue weighted by Crippen LogP contribution is 2.24. The van der Waals surface area contributed by atoms with E-state index in [0.717, 1.165) is 11.3 Å². The lowest BCUT2D eigenvalue weighted by molar-refractivity contribution is -0.141. The van der Waals surface area contributed by atoms with Gasteiger partial charge >= 0.3 is 5.97 Å². The number of fused-ring (bicyclic) bond motifs is 1. The van der Waals surface area contributed by atoms with E-state index >= 15 is 0 Å². The van der Waals surface area contributed by atoms with Crippen LogP contribution in [0.15, 0.2) is 18.2 Å². The van der Waals surface area contributed by atoms with E-state index in [-0.39, 0.29) is 24.5 Å². The number of esters is 1. The van der Waals surface area contributed by atoms with Gasteiger partial charge in [0.1, 0.15) is 0 Å². The quantitative estimate of drug-likeness (QED) is 0.601. The second-order valence-corrected chi connectivity index (χ2v) is 4.85. The molecule has 1 aromatic rings. The summed E-state index contributed by atoms with van der Waals surface area (Å²) in [6.45, 7) is 2.43. The van der Waals surface area contributed by atoms with Crippen molar-refractivity contribution in [3.63, 3.8) is 0 Å². The largest absolute Gasteiger partial charge is 0.469 e. The molecule has 2 rings (SSSR count). The number of ether oxygens (including phenoxy) is 1. The smallest absolute Gasteiger partial charge is 0.307 e. The maximum atomic E-state index is 12.5. The van der Waals surface area contributed by atoms with Crippen LogP contribution in [0.1, 0.15) is 29.3 Å². The van der Waals surface area contributed by atoms with Crippen LogP contribution in [0.2, 0.25) is 0 Å². The number of likely N-dealkylation sites (N-methyl/N-ethyl adjacent to an activating group) is 1. The molecule has 0 radical (unpaired) electrons. The Morgan fingerprint density at radius 1 is 1.43 bits per heavy atom. The van der Waals surface area contributed by atoms with E-state index in [1.807, 2.05) is 6.92 Å². The summed E-state index contributed by atoms with van der Waals surface area (Å²) < 4.78 is 4.62. The van der Waals surface area contributed by atoms with Gasteiger partial charge in [0.15, 0.2) is 5.78 Å². The summed E-state index contributed by atoms with van der Waals surface area (Å²) in [4.78, 5) is 35.2. The average molecular weight is 290 g/mol. The van der Waals surface area contributed by atoms with Crippen molar-refractivity contribution in [3.8, 4) is 0 Å². The molecule has 0 bridgehead atoms. The average Bonchev–Trinajstić information content (AvgIpc) is 2.84. The van der Waals surface area contributed by atoms with Crippen LogP contribution in [0, 0.1) is 0 Å². The summed E-state index contributed by atoms with van der Waals surface area (Å²) in [5.74, 6) is -0.691. The lowest BCUT2D eigenvalue weighted by Crippen LogP contribution is -2.38. The van der Waals surface area contributed by atoms with Crippen LogP contribution in [-0.4, -0.2) is 37.4 Å². The Kier molecular flexibility index (Phi) is 4.70. The number of anilines is 1. The van der Waals surface area contributed by atoms with Crippen molar-refractivity contribution in [1.29, 1.82) is 0 Å². The van der Waals surface area contributed by atoms with E-state index in [4.69, 9.17) is 0 Å². The zero-order valence-electron chi connectivity index (χ0n) is 12.1. The minimum absolute atomic E-state index is 0.0164. The zero-order valence-corrected chi connectivity index (χ0v) is 12.1. The second-order valence-electron chi connectivity index (χ2n) is 4.85. The van der Waals surface area contributed by atoms with Crippen molar-refractivity contribution >= 4 is 23.3 Å². The molecule has 1 aliphatic rings. The van der Waals surface area contributed by atoms with Crippen LogP contribution in [0.3, 0.4) is 0 Å². The summed E-state index contributed by atoms with van der Waals surface area (Å²) in [6.07, 6.45) is 0.261. The first-order chi connectivity index (χ1) is 10.0. The Bertz CT molecular complexity index is 583. The molecular formula is C15H18N2O4. The first-order valence-corrected chi connectivity index (χ1v) is 6.82. The number of benzene rings is 1. The molecule has 0 saturated heterocycles. The first-order valence-electron chi connectivity index (χ1n) is 6.82. The number of hydrogen-bond donors (Lipinski definition) is 2. The molecule has 1 aromatic carbocycles. The number of amides is 1.